The molecule has 1 aliphatic rings. The summed E-state index contributed by atoms with van der Waals surface area (Å²) < 4.78 is 1.13. The molecule has 0 spiro atoms. The molecule has 0 saturated carbocycles. The van der Waals surface area contributed by atoms with Gasteiger partial charge < -0.3 is 5.11 Å². The van der Waals surface area contributed by atoms with Crippen molar-refractivity contribution in [1.29, 1.82) is 0 Å². The topological polar surface area (TPSA) is 20.2 Å². The van der Waals surface area contributed by atoms with Crippen LogP contribution in [0.3, 0.4) is 0 Å². The smallest absolute Gasteiger partial charge is 0.0724 e. The van der Waals surface area contributed by atoms with E-state index in [1.54, 1.807) is 0 Å². The van der Waals surface area contributed by atoms with Crippen LogP contribution in [0.15, 0.2) is 12.2 Å². The molecule has 0 unspecified atom stereocenters. The van der Waals surface area contributed by atoms with E-state index in [0.29, 0.717) is 11.3 Å². The van der Waals surface area contributed by atoms with Gasteiger partial charge in [0.15, 0.2) is 0 Å². The summed E-state index contributed by atoms with van der Waals surface area (Å²) in [5.74, 6) is 0.597. The predicted molar refractivity (Wildman–Crippen MR) is 55.9 cm³/mol. The standard InChI is InChI=1S/C9H15IO/c1-7-5-8(11)3-4-9(7,2)6-10/h3-4,7-8,11H,5-6H2,1-2H3/t7-,8-,9+/m0/s1. The molecule has 2 heteroatoms. The van der Waals surface area contributed by atoms with Gasteiger partial charge in [0.2, 0.25) is 0 Å². The molecule has 0 amide bonds. The lowest BCUT2D eigenvalue weighted by Crippen LogP contribution is -2.31. The summed E-state index contributed by atoms with van der Waals surface area (Å²) >= 11 is 2.41. The Morgan fingerprint density at radius 2 is 2.36 bits per heavy atom. The fourth-order valence-corrected chi connectivity index (χ4v) is 2.39. The van der Waals surface area contributed by atoms with E-state index in [9.17, 15) is 5.11 Å². The highest BCUT2D eigenvalue weighted by atomic mass is 127. The number of aliphatic hydroxyl groups excluding tert-OH is 1. The number of halogens is 1. The van der Waals surface area contributed by atoms with Crippen LogP contribution in [0.5, 0.6) is 0 Å². The van der Waals surface area contributed by atoms with Gasteiger partial charge in [-0.2, -0.15) is 0 Å². The molecular weight excluding hydrogens is 251 g/mol. The molecule has 0 aromatic heterocycles. The molecule has 64 valence electrons. The van der Waals surface area contributed by atoms with Crippen LogP contribution >= 0.6 is 22.6 Å². The number of hydrogen-bond acceptors (Lipinski definition) is 1. The molecule has 11 heavy (non-hydrogen) atoms. The van der Waals surface area contributed by atoms with Gasteiger partial charge in [0.25, 0.3) is 0 Å². The van der Waals surface area contributed by atoms with E-state index < -0.39 is 0 Å². The predicted octanol–water partition coefficient (Wildman–Crippen LogP) is 2.38. The molecule has 0 saturated heterocycles. The van der Waals surface area contributed by atoms with Gasteiger partial charge in [0, 0.05) is 4.43 Å². The number of allylic oxidation sites excluding steroid dienone is 1. The first-order chi connectivity index (χ1) is 5.08. The maximum Gasteiger partial charge on any atom is 0.0724 e. The summed E-state index contributed by atoms with van der Waals surface area (Å²) in [5, 5.41) is 9.32. The van der Waals surface area contributed by atoms with Crippen molar-refractivity contribution in [2.45, 2.75) is 26.4 Å². The maximum absolute atomic E-state index is 9.32. The largest absolute Gasteiger partial charge is 0.389 e. The summed E-state index contributed by atoms with van der Waals surface area (Å²) in [7, 11) is 0. The summed E-state index contributed by atoms with van der Waals surface area (Å²) in [6.07, 6.45) is 4.80. The Hall–Kier alpha value is 0.430. The molecule has 1 N–H and O–H groups in total. The lowest BCUT2D eigenvalue weighted by molar-refractivity contribution is 0.141. The average Bonchev–Trinajstić information content (AvgIpc) is 1.98. The SMILES string of the molecule is C[C@H]1C[C@@H](O)C=C[C@]1(C)CI. The van der Waals surface area contributed by atoms with Crippen molar-refractivity contribution in [3.05, 3.63) is 12.2 Å². The molecule has 1 rings (SSSR count). The highest BCUT2D eigenvalue weighted by molar-refractivity contribution is 14.1. The van der Waals surface area contributed by atoms with Crippen LogP contribution in [0.4, 0.5) is 0 Å². The van der Waals surface area contributed by atoms with Crippen LogP contribution in [0.2, 0.25) is 0 Å². The number of aliphatic hydroxyl groups is 1. The van der Waals surface area contributed by atoms with Gasteiger partial charge in [-0.1, -0.05) is 48.6 Å². The maximum atomic E-state index is 9.32. The number of rotatable bonds is 1. The normalized spacial score (nSPS) is 44.4. The Morgan fingerprint density at radius 3 is 2.82 bits per heavy atom. The Bertz CT molecular complexity index is 167. The Morgan fingerprint density at radius 1 is 1.73 bits per heavy atom. The van der Waals surface area contributed by atoms with Gasteiger partial charge in [0.1, 0.15) is 0 Å². The van der Waals surface area contributed by atoms with Crippen molar-refractivity contribution < 1.29 is 5.11 Å². The third-order valence-electron chi connectivity index (χ3n) is 2.71. The first kappa shape index (κ1) is 9.52. The fourth-order valence-electron chi connectivity index (χ4n) is 1.38. The van der Waals surface area contributed by atoms with Gasteiger partial charge in [0.05, 0.1) is 6.10 Å². The van der Waals surface area contributed by atoms with Crippen LogP contribution in [-0.2, 0) is 0 Å². The van der Waals surface area contributed by atoms with Crippen LogP contribution < -0.4 is 0 Å². The fraction of sp³-hybridized carbons (Fsp3) is 0.778. The molecule has 0 fully saturated rings. The van der Waals surface area contributed by atoms with Gasteiger partial charge in [-0.3, -0.25) is 0 Å². The highest BCUT2D eigenvalue weighted by Gasteiger charge is 2.31. The molecule has 0 aromatic carbocycles. The van der Waals surface area contributed by atoms with E-state index in [2.05, 4.69) is 42.5 Å². The van der Waals surface area contributed by atoms with Crippen molar-refractivity contribution >= 4 is 22.6 Å². The van der Waals surface area contributed by atoms with Crippen molar-refractivity contribution in [1.82, 2.24) is 0 Å². The number of alkyl halides is 1. The average molecular weight is 266 g/mol. The molecule has 3 atom stereocenters. The van der Waals surface area contributed by atoms with Crippen molar-refractivity contribution in [3.63, 3.8) is 0 Å². The van der Waals surface area contributed by atoms with E-state index in [4.69, 9.17) is 0 Å². The van der Waals surface area contributed by atoms with Crippen LogP contribution in [0.1, 0.15) is 20.3 Å². The molecule has 1 nitrogen and oxygen atoms in total. The van der Waals surface area contributed by atoms with E-state index in [1.165, 1.54) is 0 Å². The Balaban J connectivity index is 2.75. The Kier molecular flexibility index (Phi) is 2.97. The number of hydrogen-bond donors (Lipinski definition) is 1. The minimum absolute atomic E-state index is 0.207. The second-order valence-corrected chi connectivity index (χ2v) is 4.47. The van der Waals surface area contributed by atoms with Crippen LogP contribution in [0.25, 0.3) is 0 Å². The first-order valence-electron chi connectivity index (χ1n) is 4.02. The lowest BCUT2D eigenvalue weighted by Gasteiger charge is -2.35. The summed E-state index contributed by atoms with van der Waals surface area (Å²) in [5.41, 5.74) is 0.305. The second-order valence-electron chi connectivity index (χ2n) is 3.70. The van der Waals surface area contributed by atoms with E-state index in [1.807, 2.05) is 6.08 Å². The quantitative estimate of drug-likeness (QED) is 0.439. The van der Waals surface area contributed by atoms with Gasteiger partial charge in [-0.15, -0.1) is 0 Å². The van der Waals surface area contributed by atoms with Gasteiger partial charge >= 0.3 is 0 Å². The minimum atomic E-state index is -0.207. The van der Waals surface area contributed by atoms with Crippen molar-refractivity contribution in [3.8, 4) is 0 Å². The molecule has 0 heterocycles. The zero-order chi connectivity index (χ0) is 8.48. The molecule has 0 radical (unpaired) electrons. The third-order valence-corrected chi connectivity index (χ3v) is 4.35. The lowest BCUT2D eigenvalue weighted by atomic mass is 9.73. The molecular formula is C9H15IO. The van der Waals surface area contributed by atoms with Crippen molar-refractivity contribution in [2.75, 3.05) is 4.43 Å². The zero-order valence-electron chi connectivity index (χ0n) is 7.05. The van der Waals surface area contributed by atoms with Crippen LogP contribution in [-0.4, -0.2) is 15.6 Å². The van der Waals surface area contributed by atoms with Crippen LogP contribution in [0, 0.1) is 11.3 Å². The van der Waals surface area contributed by atoms with Crippen molar-refractivity contribution in [2.24, 2.45) is 11.3 Å². The molecule has 0 bridgehead atoms. The molecule has 1 aliphatic carbocycles. The molecule has 0 aromatic rings. The van der Waals surface area contributed by atoms with E-state index >= 15 is 0 Å². The van der Waals surface area contributed by atoms with E-state index in [-0.39, 0.29) is 6.10 Å². The van der Waals surface area contributed by atoms with Gasteiger partial charge in [-0.05, 0) is 17.8 Å². The molecule has 0 aliphatic heterocycles. The van der Waals surface area contributed by atoms with E-state index in [0.717, 1.165) is 10.8 Å². The first-order valence-corrected chi connectivity index (χ1v) is 5.54. The summed E-state index contributed by atoms with van der Waals surface area (Å²) in [4.78, 5) is 0. The monoisotopic (exact) mass is 266 g/mol. The summed E-state index contributed by atoms with van der Waals surface area (Å²) in [6, 6.07) is 0. The third kappa shape index (κ3) is 1.96. The Labute approximate surface area is 82.0 Å². The van der Waals surface area contributed by atoms with Gasteiger partial charge in [-0.25, -0.2) is 0 Å². The highest BCUT2D eigenvalue weighted by Crippen LogP contribution is 2.37. The second kappa shape index (κ2) is 3.44. The minimum Gasteiger partial charge on any atom is -0.389 e. The summed E-state index contributed by atoms with van der Waals surface area (Å²) in [6.45, 7) is 4.47. The zero-order valence-corrected chi connectivity index (χ0v) is 9.21.